The molecule has 0 fully saturated rings. The number of rotatable bonds is 12. The summed E-state index contributed by atoms with van der Waals surface area (Å²) in [5.74, 6) is 0. The monoisotopic (exact) mass is 1160 g/mol. The maximum atomic E-state index is 7.13. The summed E-state index contributed by atoms with van der Waals surface area (Å²) in [6, 6.07) is 36.0. The van der Waals surface area contributed by atoms with Gasteiger partial charge in [-0.05, 0) is 72.8 Å². The van der Waals surface area contributed by atoms with Gasteiger partial charge in [-0.25, -0.2) is 0 Å². The van der Waals surface area contributed by atoms with Crippen molar-refractivity contribution < 1.29 is 34.1 Å². The number of hydrogen-bond donors (Lipinski definition) is 0. The molecule has 6 rings (SSSR count). The van der Waals surface area contributed by atoms with E-state index in [9.17, 15) is 0 Å². The second kappa shape index (κ2) is 51.2. The van der Waals surface area contributed by atoms with Gasteiger partial charge in [-0.2, -0.15) is 20.6 Å². The third kappa shape index (κ3) is 45.9. The SMILES string of the molecule is ClC(Cl)Cl.ClC(Cl)Cl.[Fe+3].[Fe+3].[N-]=C=S.[N-]=C=S.[N-]=C=S.[N-]=C=S.c1ccc(CN(Cc2ccccn2)Cc2ccccn2)nc1.c1ccc(CN(Cc2ccccn2)Cc2ccccn2)nc1. The standard InChI is InChI=1S/2C18H18N4.2CHCl3.4CNS.2Fe/c2*1-4-10-19-16(7-1)13-22(14-17-8-2-5-11-20-17)15-18-9-3-6-12-21-18;2*2-1(3)4;4*2-1-3;;/h2*1-12H,13-15H2;2*1H;;;;;;/q;;;;4*-1;2*+3. The van der Waals surface area contributed by atoms with E-state index in [1.807, 2.05) is 146 Å². The van der Waals surface area contributed by atoms with E-state index in [0.29, 0.717) is 0 Å². The van der Waals surface area contributed by atoms with E-state index in [1.54, 1.807) is 0 Å². The average molecular weight is 1160 g/mol. The maximum absolute atomic E-state index is 7.13. The molecule has 0 aromatic carbocycles. The zero-order valence-electron chi connectivity index (χ0n) is 34.2. The van der Waals surface area contributed by atoms with Crippen molar-refractivity contribution in [2.45, 2.75) is 47.9 Å². The Balaban J connectivity index is -0.000000408. The number of halogens is 6. The Morgan fingerprint density at radius 1 is 0.348 bits per heavy atom. The summed E-state index contributed by atoms with van der Waals surface area (Å²) in [5, 5.41) is 33.9. The molecule has 0 N–H and O–H groups in total. The van der Waals surface area contributed by atoms with Crippen LogP contribution in [0.1, 0.15) is 34.2 Å². The van der Waals surface area contributed by atoms with E-state index in [2.05, 4.69) is 88.6 Å². The molecule has 0 amide bonds. The zero-order valence-corrected chi connectivity index (χ0v) is 44.2. The van der Waals surface area contributed by atoms with Crippen LogP contribution < -0.4 is 0 Å². The van der Waals surface area contributed by atoms with E-state index < -0.39 is 8.59 Å². The first-order valence-electron chi connectivity index (χ1n) is 17.7. The molecular formula is C42H38Cl6Fe2N12S4+2. The van der Waals surface area contributed by atoms with Crippen LogP contribution in [0.25, 0.3) is 21.6 Å². The largest absolute Gasteiger partial charge is 3.00 e. The summed E-state index contributed by atoms with van der Waals surface area (Å²) in [4.78, 5) is 31.1. The summed E-state index contributed by atoms with van der Waals surface area (Å²) in [6.07, 6.45) is 11.0. The Kier molecular flexibility index (Phi) is 53.8. The fourth-order valence-corrected chi connectivity index (χ4v) is 4.66. The first-order chi connectivity index (χ1) is 30.9. The third-order valence-electron chi connectivity index (χ3n) is 6.67. The molecule has 0 aliphatic rings. The number of thiocarbonyl (C=S) groups is 4. The Hall–Kier alpha value is -3.20. The molecule has 12 nitrogen and oxygen atoms in total. The van der Waals surface area contributed by atoms with Gasteiger partial charge in [-0.15, -0.1) is 0 Å². The van der Waals surface area contributed by atoms with Crippen LogP contribution >= 0.6 is 118 Å². The zero-order chi connectivity index (χ0) is 48.1. The van der Waals surface area contributed by atoms with Crippen molar-refractivity contribution in [3.05, 3.63) is 202 Å². The Morgan fingerprint density at radius 2 is 0.470 bits per heavy atom. The van der Waals surface area contributed by atoms with Gasteiger partial charge in [0.2, 0.25) is 0 Å². The minimum Gasteiger partial charge on any atom is -0.753 e. The van der Waals surface area contributed by atoms with Crippen LogP contribution in [-0.4, -0.2) is 68.9 Å². The number of pyridine rings is 6. The van der Waals surface area contributed by atoms with Gasteiger partial charge in [0, 0.05) is 76.4 Å². The molecule has 0 spiro atoms. The van der Waals surface area contributed by atoms with Crippen molar-refractivity contribution in [1.29, 1.82) is 0 Å². The molecule has 2 radical (unpaired) electrons. The van der Waals surface area contributed by atoms with Crippen molar-refractivity contribution in [2.24, 2.45) is 0 Å². The Bertz CT molecular complexity index is 1750. The van der Waals surface area contributed by atoms with Gasteiger partial charge in [0.1, 0.15) is 0 Å². The minimum absolute atomic E-state index is 0. The van der Waals surface area contributed by atoms with E-state index in [-0.39, 0.29) is 34.1 Å². The maximum Gasteiger partial charge on any atom is 3.00 e. The van der Waals surface area contributed by atoms with Crippen LogP contribution in [0, 0.1) is 0 Å². The van der Waals surface area contributed by atoms with Gasteiger partial charge >= 0.3 is 34.1 Å². The number of hydrogen-bond acceptors (Lipinski definition) is 12. The van der Waals surface area contributed by atoms with E-state index in [0.717, 1.165) is 73.4 Å². The third-order valence-corrected chi connectivity index (χ3v) is 6.67. The van der Waals surface area contributed by atoms with Crippen molar-refractivity contribution >= 4 is 139 Å². The summed E-state index contributed by atoms with van der Waals surface area (Å²) in [7, 11) is 0. The van der Waals surface area contributed by atoms with Crippen LogP contribution in [0.3, 0.4) is 0 Å². The van der Waals surface area contributed by atoms with Gasteiger partial charge in [-0.1, -0.05) is 155 Å². The van der Waals surface area contributed by atoms with Gasteiger partial charge in [0.25, 0.3) is 0 Å². The predicted molar refractivity (Wildman–Crippen MR) is 278 cm³/mol. The summed E-state index contributed by atoms with van der Waals surface area (Å²) >= 11 is 43.6. The molecule has 24 heteroatoms. The summed E-state index contributed by atoms with van der Waals surface area (Å²) in [5.41, 5.74) is 6.30. The second-order valence-corrected chi connectivity index (χ2v) is 15.8. The number of aromatic nitrogens is 6. The molecule has 346 valence electrons. The second-order valence-electron chi connectivity index (χ2n) is 11.1. The number of isothiocyanates is 4. The van der Waals surface area contributed by atoms with Gasteiger partial charge in [0.15, 0.2) is 8.59 Å². The molecule has 6 heterocycles. The van der Waals surface area contributed by atoms with E-state index in [4.69, 9.17) is 91.2 Å². The van der Waals surface area contributed by atoms with Crippen LogP contribution in [0.5, 0.6) is 0 Å². The Morgan fingerprint density at radius 3 is 0.561 bits per heavy atom. The van der Waals surface area contributed by atoms with Crippen LogP contribution in [-0.2, 0) is 73.4 Å². The molecule has 6 aromatic rings. The first kappa shape index (κ1) is 69.4. The van der Waals surface area contributed by atoms with Gasteiger partial charge in [-0.3, -0.25) is 39.7 Å². The molecule has 0 bridgehead atoms. The molecule has 0 saturated heterocycles. The van der Waals surface area contributed by atoms with Gasteiger partial charge < -0.3 is 21.6 Å². The molecule has 0 atom stereocenters. The normalized spacial score (nSPS) is 8.76. The molecule has 66 heavy (non-hydrogen) atoms. The minimum atomic E-state index is -0.750. The fraction of sp³-hybridized carbons (Fsp3) is 0.190. The van der Waals surface area contributed by atoms with Crippen molar-refractivity contribution in [3.63, 3.8) is 0 Å². The molecule has 0 aliphatic heterocycles. The first-order valence-corrected chi connectivity index (χ1v) is 21.9. The summed E-state index contributed by atoms with van der Waals surface area (Å²) < 4.78 is -1.50. The average Bonchev–Trinajstić information content (AvgIpc) is 3.27. The number of nitrogens with zero attached hydrogens (tertiary/aromatic N) is 12. The van der Waals surface area contributed by atoms with Crippen molar-refractivity contribution in [1.82, 2.24) is 39.7 Å². The smallest absolute Gasteiger partial charge is 0.753 e. The topological polar surface area (TPSA) is 173 Å². The Labute approximate surface area is 458 Å². The van der Waals surface area contributed by atoms with Crippen LogP contribution in [0.15, 0.2) is 146 Å². The summed E-state index contributed by atoms with van der Waals surface area (Å²) in [6.45, 7) is 4.63. The molecule has 0 aliphatic carbocycles. The van der Waals surface area contributed by atoms with Crippen molar-refractivity contribution in [3.8, 4) is 0 Å². The van der Waals surface area contributed by atoms with Gasteiger partial charge in [0.05, 0.1) is 34.2 Å². The van der Waals surface area contributed by atoms with Crippen LogP contribution in [0.2, 0.25) is 0 Å². The van der Waals surface area contributed by atoms with Crippen LogP contribution in [0.4, 0.5) is 0 Å². The van der Waals surface area contributed by atoms with E-state index in [1.165, 1.54) is 20.6 Å². The molecule has 0 unspecified atom stereocenters. The fourth-order valence-electron chi connectivity index (χ4n) is 4.66. The quantitative estimate of drug-likeness (QED) is 0.0492. The van der Waals surface area contributed by atoms with E-state index >= 15 is 0 Å². The molecule has 6 aromatic heterocycles. The molecule has 0 saturated carbocycles. The van der Waals surface area contributed by atoms with Crippen molar-refractivity contribution in [2.75, 3.05) is 0 Å². The predicted octanol–water partition coefficient (Wildman–Crippen LogP) is 12.8. The number of alkyl halides is 6. The molecular weight excluding hydrogens is 1130 g/mol.